The third kappa shape index (κ3) is 4.49. The lowest BCUT2D eigenvalue weighted by Crippen LogP contribution is -2.31. The molecular formula is C11H18N4O3S. The number of hydrogen-bond donors (Lipinski definition) is 3. The van der Waals surface area contributed by atoms with Gasteiger partial charge in [0.25, 0.3) is 10.0 Å². The maximum absolute atomic E-state index is 12.0. The predicted molar refractivity (Wildman–Crippen MR) is 72.3 cm³/mol. The van der Waals surface area contributed by atoms with Gasteiger partial charge in [-0.3, -0.25) is 4.79 Å². The Hall–Kier alpha value is -1.67. The summed E-state index contributed by atoms with van der Waals surface area (Å²) in [6.45, 7) is 2.36. The first-order valence-corrected chi connectivity index (χ1v) is 7.38. The molecule has 106 valence electrons. The largest absolute Gasteiger partial charge is 0.386 e. The van der Waals surface area contributed by atoms with Gasteiger partial charge in [0.05, 0.1) is 5.69 Å². The molecule has 0 aliphatic rings. The molecule has 0 atom stereocenters. The fourth-order valence-corrected chi connectivity index (χ4v) is 2.61. The second kappa shape index (κ2) is 7.05. The molecule has 1 rings (SSSR count). The number of amides is 1. The molecule has 19 heavy (non-hydrogen) atoms. The lowest BCUT2D eigenvalue weighted by atomic mass is 10.4. The molecule has 0 fully saturated rings. The van der Waals surface area contributed by atoms with Crippen LogP contribution < -0.4 is 15.4 Å². The van der Waals surface area contributed by atoms with E-state index in [1.807, 2.05) is 0 Å². The van der Waals surface area contributed by atoms with E-state index in [0.717, 1.165) is 0 Å². The summed E-state index contributed by atoms with van der Waals surface area (Å²) in [4.78, 5) is 15.1. The highest BCUT2D eigenvalue weighted by molar-refractivity contribution is 7.89. The van der Waals surface area contributed by atoms with Crippen molar-refractivity contribution < 1.29 is 13.2 Å². The van der Waals surface area contributed by atoms with Crippen LogP contribution in [0.25, 0.3) is 0 Å². The van der Waals surface area contributed by atoms with Crippen LogP contribution in [0.1, 0.15) is 13.3 Å². The van der Waals surface area contributed by atoms with Crippen LogP contribution in [-0.2, 0) is 14.8 Å². The molecule has 0 aliphatic heterocycles. The number of rotatable bonds is 7. The quantitative estimate of drug-likeness (QED) is 0.651. The van der Waals surface area contributed by atoms with Crippen LogP contribution in [0.15, 0.2) is 23.4 Å². The first kappa shape index (κ1) is 15.4. The average molecular weight is 286 g/mol. The van der Waals surface area contributed by atoms with E-state index < -0.39 is 10.0 Å². The molecule has 0 aliphatic carbocycles. The summed E-state index contributed by atoms with van der Waals surface area (Å²) in [5, 5.41) is 5.28. The minimum absolute atomic E-state index is 0.0356. The van der Waals surface area contributed by atoms with Crippen molar-refractivity contribution in [1.82, 2.24) is 15.0 Å². The van der Waals surface area contributed by atoms with Gasteiger partial charge >= 0.3 is 0 Å². The summed E-state index contributed by atoms with van der Waals surface area (Å²) in [6, 6.07) is 3.25. The van der Waals surface area contributed by atoms with Crippen molar-refractivity contribution >= 4 is 21.6 Å². The fourth-order valence-electron chi connectivity index (χ4n) is 1.45. The highest BCUT2D eigenvalue weighted by Gasteiger charge is 2.19. The van der Waals surface area contributed by atoms with Crippen molar-refractivity contribution in [2.24, 2.45) is 0 Å². The number of carbonyl (C=O) groups excluding carboxylic acids is 1. The Balaban J connectivity index is 2.68. The Labute approximate surface area is 112 Å². The Morgan fingerprint density at radius 3 is 2.79 bits per heavy atom. The van der Waals surface area contributed by atoms with Crippen LogP contribution >= 0.6 is 0 Å². The van der Waals surface area contributed by atoms with Gasteiger partial charge in [-0.2, -0.15) is 0 Å². The molecule has 1 heterocycles. The van der Waals surface area contributed by atoms with Crippen molar-refractivity contribution in [2.45, 2.75) is 18.4 Å². The van der Waals surface area contributed by atoms with Crippen LogP contribution in [0.2, 0.25) is 0 Å². The maximum Gasteiger partial charge on any atom is 0.260 e. The maximum atomic E-state index is 12.0. The zero-order valence-corrected chi connectivity index (χ0v) is 11.8. The third-order valence-corrected chi connectivity index (χ3v) is 3.73. The van der Waals surface area contributed by atoms with Crippen molar-refractivity contribution in [2.75, 3.05) is 25.5 Å². The van der Waals surface area contributed by atoms with E-state index in [1.54, 1.807) is 26.1 Å². The van der Waals surface area contributed by atoms with Gasteiger partial charge in [-0.15, -0.1) is 0 Å². The van der Waals surface area contributed by atoms with Gasteiger partial charge in [0.2, 0.25) is 5.91 Å². The number of aromatic nitrogens is 1. The second-order valence-corrected chi connectivity index (χ2v) is 5.39. The number of pyridine rings is 1. The summed E-state index contributed by atoms with van der Waals surface area (Å²) in [5.41, 5.74) is 0.410. The van der Waals surface area contributed by atoms with Gasteiger partial charge in [0, 0.05) is 32.8 Å². The summed E-state index contributed by atoms with van der Waals surface area (Å²) < 4.78 is 26.4. The van der Waals surface area contributed by atoms with E-state index in [9.17, 15) is 13.2 Å². The van der Waals surface area contributed by atoms with Crippen LogP contribution in [0.4, 0.5) is 5.69 Å². The van der Waals surface area contributed by atoms with Gasteiger partial charge in [-0.25, -0.2) is 18.1 Å². The molecule has 0 radical (unpaired) electrons. The zero-order valence-electron chi connectivity index (χ0n) is 10.9. The minimum Gasteiger partial charge on any atom is -0.386 e. The molecule has 1 aromatic rings. The minimum atomic E-state index is -3.72. The summed E-state index contributed by atoms with van der Waals surface area (Å²) >= 11 is 0. The van der Waals surface area contributed by atoms with Crippen LogP contribution in [0.5, 0.6) is 0 Å². The molecule has 8 heteroatoms. The molecule has 0 saturated heterocycles. The SMILES string of the molecule is CCNC(=O)CCNS(=O)(=O)c1ncccc1NC. The molecule has 0 spiro atoms. The standard InChI is InChI=1S/C11H18N4O3S/c1-3-13-10(16)6-8-15-19(17,18)11-9(12-2)5-4-7-14-11/h4-5,7,12,15H,3,6,8H2,1-2H3,(H,13,16). The Bertz CT molecular complexity index is 530. The number of nitrogens with zero attached hydrogens (tertiary/aromatic N) is 1. The molecule has 1 amide bonds. The molecule has 1 aromatic heterocycles. The predicted octanol–water partition coefficient (Wildman–Crippen LogP) is -0.0722. The van der Waals surface area contributed by atoms with Gasteiger partial charge in [0.15, 0.2) is 5.03 Å². The molecule has 0 aromatic carbocycles. The van der Waals surface area contributed by atoms with Crippen LogP contribution in [-0.4, -0.2) is 39.4 Å². The lowest BCUT2D eigenvalue weighted by molar-refractivity contribution is -0.120. The molecule has 0 unspecified atom stereocenters. The first-order chi connectivity index (χ1) is 9.01. The van der Waals surface area contributed by atoms with E-state index in [2.05, 4.69) is 20.3 Å². The topological polar surface area (TPSA) is 100 Å². The van der Waals surface area contributed by atoms with Gasteiger partial charge < -0.3 is 10.6 Å². The van der Waals surface area contributed by atoms with Crippen LogP contribution in [0.3, 0.4) is 0 Å². The van der Waals surface area contributed by atoms with Gasteiger partial charge in [-0.05, 0) is 19.1 Å². The normalized spacial score (nSPS) is 11.1. The first-order valence-electron chi connectivity index (χ1n) is 5.90. The zero-order chi connectivity index (χ0) is 14.3. The smallest absolute Gasteiger partial charge is 0.260 e. The Morgan fingerprint density at radius 1 is 1.42 bits per heavy atom. The lowest BCUT2D eigenvalue weighted by Gasteiger charge is -2.09. The van der Waals surface area contributed by atoms with Crippen molar-refractivity contribution in [3.63, 3.8) is 0 Å². The van der Waals surface area contributed by atoms with E-state index in [-0.39, 0.29) is 23.9 Å². The number of sulfonamides is 1. The highest BCUT2D eigenvalue weighted by atomic mass is 32.2. The van der Waals surface area contributed by atoms with Crippen LogP contribution in [0, 0.1) is 0 Å². The second-order valence-electron chi connectivity index (χ2n) is 3.71. The fraction of sp³-hybridized carbons (Fsp3) is 0.455. The average Bonchev–Trinajstić information content (AvgIpc) is 2.38. The van der Waals surface area contributed by atoms with Gasteiger partial charge in [-0.1, -0.05) is 0 Å². The Morgan fingerprint density at radius 2 is 2.16 bits per heavy atom. The summed E-state index contributed by atoms with van der Waals surface area (Å²) in [5.74, 6) is -0.194. The van der Waals surface area contributed by atoms with Gasteiger partial charge in [0.1, 0.15) is 0 Å². The summed E-state index contributed by atoms with van der Waals surface area (Å²) in [7, 11) is -2.10. The number of nitrogens with one attached hydrogen (secondary N) is 3. The van der Waals surface area contributed by atoms with E-state index in [1.165, 1.54) is 6.20 Å². The Kier molecular flexibility index (Phi) is 5.71. The van der Waals surface area contributed by atoms with E-state index in [0.29, 0.717) is 12.2 Å². The third-order valence-electron chi connectivity index (χ3n) is 2.31. The number of anilines is 1. The molecular weight excluding hydrogens is 268 g/mol. The van der Waals surface area contributed by atoms with Crippen molar-refractivity contribution in [1.29, 1.82) is 0 Å². The van der Waals surface area contributed by atoms with Crippen molar-refractivity contribution in [3.05, 3.63) is 18.3 Å². The van der Waals surface area contributed by atoms with Crippen molar-refractivity contribution in [3.8, 4) is 0 Å². The molecule has 0 bridgehead atoms. The van der Waals surface area contributed by atoms with E-state index in [4.69, 9.17) is 0 Å². The summed E-state index contributed by atoms with van der Waals surface area (Å²) in [6.07, 6.45) is 1.49. The molecule has 3 N–H and O–H groups in total. The number of hydrogen-bond acceptors (Lipinski definition) is 5. The molecule has 0 saturated carbocycles. The monoisotopic (exact) mass is 286 g/mol. The number of carbonyl (C=O) groups is 1. The highest BCUT2D eigenvalue weighted by Crippen LogP contribution is 2.16. The molecule has 7 nitrogen and oxygen atoms in total. The van der Waals surface area contributed by atoms with E-state index >= 15 is 0 Å².